The van der Waals surface area contributed by atoms with E-state index in [0.29, 0.717) is 25.2 Å². The van der Waals surface area contributed by atoms with Gasteiger partial charge in [-0.1, -0.05) is 39.8 Å². The zero-order valence-corrected chi connectivity index (χ0v) is 22.4. The Labute approximate surface area is 210 Å². The third kappa shape index (κ3) is 2.85. The first kappa shape index (κ1) is 25.3. The summed E-state index contributed by atoms with van der Waals surface area (Å²) < 4.78 is 0. The molecular formula is C30H46O5. The Kier molecular flexibility index (Phi) is 5.48. The Morgan fingerprint density at radius 1 is 0.800 bits per heavy atom. The summed E-state index contributed by atoms with van der Waals surface area (Å²) >= 11 is 0. The van der Waals surface area contributed by atoms with Crippen LogP contribution >= 0.6 is 0 Å². The minimum Gasteiger partial charge on any atom is -0.481 e. The third-order valence-corrected chi connectivity index (χ3v) is 13.3. The number of carbonyl (C=O) groups is 2. The van der Waals surface area contributed by atoms with Crippen molar-refractivity contribution in [2.45, 2.75) is 105 Å². The van der Waals surface area contributed by atoms with E-state index in [1.54, 1.807) is 0 Å². The lowest BCUT2D eigenvalue weighted by atomic mass is 9.32. The van der Waals surface area contributed by atoms with E-state index in [1.165, 1.54) is 0 Å². The highest BCUT2D eigenvalue weighted by atomic mass is 16.4. The molecule has 35 heavy (non-hydrogen) atoms. The van der Waals surface area contributed by atoms with E-state index in [0.717, 1.165) is 50.5 Å². The number of hydrogen-bond donors (Lipinski definition) is 3. The summed E-state index contributed by atoms with van der Waals surface area (Å²) in [5.41, 5.74) is -1.25. The van der Waals surface area contributed by atoms with E-state index < -0.39 is 22.8 Å². The maximum atomic E-state index is 13.5. The van der Waals surface area contributed by atoms with Crippen LogP contribution in [0.15, 0.2) is 12.2 Å². The zero-order valence-electron chi connectivity index (χ0n) is 22.4. The van der Waals surface area contributed by atoms with Gasteiger partial charge in [0.15, 0.2) is 0 Å². The van der Waals surface area contributed by atoms with Crippen molar-refractivity contribution in [1.29, 1.82) is 0 Å². The van der Waals surface area contributed by atoms with E-state index in [4.69, 9.17) is 0 Å². The molecule has 5 nitrogen and oxygen atoms in total. The van der Waals surface area contributed by atoms with Gasteiger partial charge in [-0.25, -0.2) is 0 Å². The van der Waals surface area contributed by atoms with Gasteiger partial charge in [0, 0.05) is 0 Å². The molecule has 5 rings (SSSR count). The van der Waals surface area contributed by atoms with Crippen LogP contribution in [-0.4, -0.2) is 33.4 Å². The first-order valence-electron chi connectivity index (χ1n) is 14.0. The number of aliphatic hydroxyl groups excluding tert-OH is 1. The second-order valence-corrected chi connectivity index (χ2v) is 14.4. The fourth-order valence-electron chi connectivity index (χ4n) is 11.6. The molecule has 0 aromatic rings. The van der Waals surface area contributed by atoms with Crippen LogP contribution in [0.1, 0.15) is 98.8 Å². The molecule has 0 aliphatic heterocycles. The molecule has 5 aliphatic carbocycles. The van der Waals surface area contributed by atoms with Gasteiger partial charge in [0.25, 0.3) is 0 Å². The molecule has 196 valence electrons. The molecule has 0 aromatic heterocycles. The van der Waals surface area contributed by atoms with Gasteiger partial charge in [-0.15, -0.1) is 0 Å². The van der Waals surface area contributed by atoms with Crippen molar-refractivity contribution in [3.63, 3.8) is 0 Å². The number of hydrogen-bond acceptors (Lipinski definition) is 3. The van der Waals surface area contributed by atoms with Gasteiger partial charge in [0.2, 0.25) is 0 Å². The first-order chi connectivity index (χ1) is 16.2. The summed E-state index contributed by atoms with van der Waals surface area (Å²) in [4.78, 5) is 26.3. The van der Waals surface area contributed by atoms with Gasteiger partial charge >= 0.3 is 11.9 Å². The Morgan fingerprint density at radius 3 is 2.09 bits per heavy atom. The largest absolute Gasteiger partial charge is 0.481 e. The topological polar surface area (TPSA) is 94.8 Å². The molecule has 5 aliphatic rings. The van der Waals surface area contributed by atoms with Crippen LogP contribution in [0.25, 0.3) is 0 Å². The van der Waals surface area contributed by atoms with Crippen LogP contribution in [0.4, 0.5) is 0 Å². The molecule has 0 aromatic carbocycles. The molecule has 5 fully saturated rings. The number of carboxylic acid groups (broad SMARTS) is 2. The quantitative estimate of drug-likeness (QED) is 0.416. The van der Waals surface area contributed by atoms with Crippen LogP contribution in [0, 0.1) is 56.7 Å². The zero-order chi connectivity index (χ0) is 25.8. The first-order valence-corrected chi connectivity index (χ1v) is 14.0. The number of fused-ring (bicyclic) bond motifs is 7. The van der Waals surface area contributed by atoms with Gasteiger partial charge in [-0.05, 0) is 117 Å². The summed E-state index contributed by atoms with van der Waals surface area (Å²) in [5, 5.41) is 32.5. The Balaban J connectivity index is 1.64. The summed E-state index contributed by atoms with van der Waals surface area (Å²) in [6, 6.07) is 0. The van der Waals surface area contributed by atoms with E-state index in [-0.39, 0.29) is 46.0 Å². The number of carboxylic acids is 2. The van der Waals surface area contributed by atoms with Gasteiger partial charge < -0.3 is 15.3 Å². The molecule has 0 saturated heterocycles. The maximum absolute atomic E-state index is 13.5. The molecule has 5 saturated carbocycles. The van der Waals surface area contributed by atoms with Crippen LogP contribution in [0.5, 0.6) is 0 Å². The SMILES string of the molecule is C=C(C)[C@@H]1CC[C@]2(C(=O)O)CC[C@]3(C(=O)O)[C@H](CC[C@H]4[C@@]5(C)CC[C@H](O)C(C)(C)[C@H]5CC[C@]43C)[C@@H]12. The van der Waals surface area contributed by atoms with Crippen LogP contribution in [0.3, 0.4) is 0 Å². The van der Waals surface area contributed by atoms with E-state index >= 15 is 0 Å². The number of aliphatic carboxylic acids is 2. The number of aliphatic hydroxyl groups is 1. The van der Waals surface area contributed by atoms with Crippen molar-refractivity contribution in [3.8, 4) is 0 Å². The standard InChI is InChI=1S/C30H46O5/c1-17(2)18-9-14-29(24(32)33)15-16-30(25(34)35)19(23(18)29)7-8-21-27(5)12-11-22(31)26(3,4)20(27)10-13-28(21,30)6/h18-23,31H,1,7-16H2,2-6H3,(H,32,33)(H,34,35)/t18-,19+,20+,21-,22-,23+,27-,28+,29-,30+/m0/s1. The predicted octanol–water partition coefficient (Wildman–Crippen LogP) is 6.15. The maximum Gasteiger partial charge on any atom is 0.310 e. The minimum absolute atomic E-state index is 0.00604. The van der Waals surface area contributed by atoms with Crippen LogP contribution < -0.4 is 0 Å². The number of allylic oxidation sites excluding steroid dienone is 1. The van der Waals surface area contributed by atoms with Crippen LogP contribution in [0.2, 0.25) is 0 Å². The van der Waals surface area contributed by atoms with E-state index in [1.807, 2.05) is 6.92 Å². The van der Waals surface area contributed by atoms with Crippen LogP contribution in [-0.2, 0) is 9.59 Å². The van der Waals surface area contributed by atoms with Gasteiger partial charge in [-0.3, -0.25) is 9.59 Å². The van der Waals surface area contributed by atoms with Crippen molar-refractivity contribution in [1.82, 2.24) is 0 Å². The Morgan fingerprint density at radius 2 is 1.49 bits per heavy atom. The fourth-order valence-corrected chi connectivity index (χ4v) is 11.6. The monoisotopic (exact) mass is 486 g/mol. The number of rotatable bonds is 3. The lowest BCUT2D eigenvalue weighted by molar-refractivity contribution is -0.254. The molecule has 0 radical (unpaired) electrons. The van der Waals surface area contributed by atoms with Crippen molar-refractivity contribution in [2.75, 3.05) is 0 Å². The molecule has 5 heteroatoms. The average molecular weight is 487 g/mol. The summed E-state index contributed by atoms with van der Waals surface area (Å²) in [6.45, 7) is 15.3. The lowest BCUT2D eigenvalue weighted by Crippen LogP contribution is -2.69. The van der Waals surface area contributed by atoms with Crippen molar-refractivity contribution in [3.05, 3.63) is 12.2 Å². The smallest absolute Gasteiger partial charge is 0.310 e. The van der Waals surface area contributed by atoms with E-state index in [9.17, 15) is 24.9 Å². The molecule has 0 heterocycles. The molecule has 0 unspecified atom stereocenters. The van der Waals surface area contributed by atoms with Crippen molar-refractivity contribution >= 4 is 11.9 Å². The lowest BCUT2D eigenvalue weighted by Gasteiger charge is -2.71. The molecule has 0 amide bonds. The highest BCUT2D eigenvalue weighted by Crippen LogP contribution is 2.77. The average Bonchev–Trinajstić information content (AvgIpc) is 3.18. The van der Waals surface area contributed by atoms with Gasteiger partial charge in [-0.2, -0.15) is 0 Å². The minimum atomic E-state index is -0.897. The molecular weight excluding hydrogens is 440 g/mol. The summed E-state index contributed by atoms with van der Waals surface area (Å²) in [7, 11) is 0. The van der Waals surface area contributed by atoms with Gasteiger partial charge in [0.05, 0.1) is 16.9 Å². The fraction of sp³-hybridized carbons (Fsp3) is 0.867. The van der Waals surface area contributed by atoms with Gasteiger partial charge in [0.1, 0.15) is 0 Å². The normalized spacial score (nSPS) is 52.4. The molecule has 0 spiro atoms. The summed E-state index contributed by atoms with van der Waals surface area (Å²) in [5.74, 6) is -0.959. The second kappa shape index (κ2) is 7.58. The Hall–Kier alpha value is -1.36. The highest BCUT2D eigenvalue weighted by molar-refractivity contribution is 5.80. The van der Waals surface area contributed by atoms with Crippen molar-refractivity contribution < 1.29 is 24.9 Å². The van der Waals surface area contributed by atoms with Crippen molar-refractivity contribution in [2.24, 2.45) is 56.7 Å². The Bertz CT molecular complexity index is 954. The van der Waals surface area contributed by atoms with E-state index in [2.05, 4.69) is 34.3 Å². The summed E-state index contributed by atoms with van der Waals surface area (Å²) in [6.07, 6.45) is 7.34. The highest BCUT2D eigenvalue weighted by Gasteiger charge is 2.75. The molecule has 10 atom stereocenters. The third-order valence-electron chi connectivity index (χ3n) is 13.3. The molecule has 0 bridgehead atoms. The molecule has 3 N–H and O–H groups in total. The predicted molar refractivity (Wildman–Crippen MR) is 135 cm³/mol. The second-order valence-electron chi connectivity index (χ2n) is 14.4.